The highest BCUT2D eigenvalue weighted by molar-refractivity contribution is 5.79. The predicted molar refractivity (Wildman–Crippen MR) is 81.3 cm³/mol. The summed E-state index contributed by atoms with van der Waals surface area (Å²) in [6.45, 7) is 2.01. The molecule has 6 nitrogen and oxygen atoms in total. The van der Waals surface area contributed by atoms with Crippen LogP contribution < -0.4 is 10.9 Å². The zero-order chi connectivity index (χ0) is 15.5. The van der Waals surface area contributed by atoms with Crippen molar-refractivity contribution in [3.8, 4) is 0 Å². The van der Waals surface area contributed by atoms with E-state index in [0.29, 0.717) is 12.5 Å². The zero-order valence-corrected chi connectivity index (χ0v) is 12.4. The number of carbonyl (C=O) groups excluding carboxylic acids is 1. The van der Waals surface area contributed by atoms with Crippen molar-refractivity contribution in [2.24, 2.45) is 0 Å². The molecule has 0 saturated heterocycles. The van der Waals surface area contributed by atoms with Gasteiger partial charge in [0.2, 0.25) is 5.91 Å². The summed E-state index contributed by atoms with van der Waals surface area (Å²) in [6.07, 6.45) is 3.88. The van der Waals surface area contributed by atoms with Crippen LogP contribution in [0.3, 0.4) is 0 Å². The van der Waals surface area contributed by atoms with Crippen molar-refractivity contribution in [3.05, 3.63) is 58.3 Å². The normalized spacial score (nSPS) is 15.3. The van der Waals surface area contributed by atoms with Crippen molar-refractivity contribution in [1.82, 2.24) is 20.1 Å². The van der Waals surface area contributed by atoms with Crippen LogP contribution in [0.1, 0.15) is 43.1 Å². The SMILES string of the molecule is C[C@@H](C(=O)NCc1ccccn1)n1nc(C2CC2)ccc1=O. The number of nitrogens with one attached hydrogen (secondary N) is 1. The van der Waals surface area contributed by atoms with Gasteiger partial charge in [0, 0.05) is 18.2 Å². The van der Waals surface area contributed by atoms with E-state index in [1.807, 2.05) is 18.2 Å². The predicted octanol–water partition coefficient (Wildman–Crippen LogP) is 1.39. The average Bonchev–Trinajstić information content (AvgIpc) is 3.38. The molecule has 0 aromatic carbocycles. The molecular weight excluding hydrogens is 280 g/mol. The van der Waals surface area contributed by atoms with Gasteiger partial charge in [0.15, 0.2) is 0 Å². The second-order valence-corrected chi connectivity index (χ2v) is 5.53. The topological polar surface area (TPSA) is 76.9 Å². The molecule has 2 aromatic rings. The molecule has 0 aliphatic heterocycles. The van der Waals surface area contributed by atoms with Gasteiger partial charge >= 0.3 is 0 Å². The first kappa shape index (κ1) is 14.4. The molecule has 114 valence electrons. The molecule has 2 aromatic heterocycles. The molecule has 0 spiro atoms. The summed E-state index contributed by atoms with van der Waals surface area (Å²) in [6, 6.07) is 8.13. The molecule has 1 aliphatic carbocycles. The summed E-state index contributed by atoms with van der Waals surface area (Å²) in [7, 11) is 0. The Morgan fingerprint density at radius 3 is 2.86 bits per heavy atom. The lowest BCUT2D eigenvalue weighted by Crippen LogP contribution is -2.37. The summed E-state index contributed by atoms with van der Waals surface area (Å²) in [5, 5.41) is 7.13. The fraction of sp³-hybridized carbons (Fsp3) is 0.375. The molecule has 0 radical (unpaired) electrons. The maximum Gasteiger partial charge on any atom is 0.267 e. The third-order valence-corrected chi connectivity index (χ3v) is 3.76. The van der Waals surface area contributed by atoms with E-state index in [1.165, 1.54) is 10.7 Å². The first-order valence-corrected chi connectivity index (χ1v) is 7.42. The van der Waals surface area contributed by atoms with E-state index in [4.69, 9.17) is 0 Å². The number of amides is 1. The Labute approximate surface area is 128 Å². The molecule has 0 unspecified atom stereocenters. The van der Waals surface area contributed by atoms with Gasteiger partial charge in [-0.2, -0.15) is 5.10 Å². The summed E-state index contributed by atoms with van der Waals surface area (Å²) < 4.78 is 1.27. The maximum atomic E-state index is 12.2. The Hall–Kier alpha value is -2.50. The number of carbonyl (C=O) groups is 1. The number of rotatable bonds is 5. The van der Waals surface area contributed by atoms with E-state index < -0.39 is 6.04 Å². The fourth-order valence-electron chi connectivity index (χ4n) is 2.25. The second-order valence-electron chi connectivity index (χ2n) is 5.53. The Balaban J connectivity index is 1.70. The quantitative estimate of drug-likeness (QED) is 0.905. The van der Waals surface area contributed by atoms with E-state index in [-0.39, 0.29) is 11.5 Å². The Morgan fingerprint density at radius 1 is 1.36 bits per heavy atom. The summed E-state index contributed by atoms with van der Waals surface area (Å²) >= 11 is 0. The number of aromatic nitrogens is 3. The maximum absolute atomic E-state index is 12.2. The Morgan fingerprint density at radius 2 is 2.18 bits per heavy atom. The van der Waals surface area contributed by atoms with Gasteiger partial charge in [0.25, 0.3) is 5.56 Å². The van der Waals surface area contributed by atoms with E-state index in [2.05, 4.69) is 15.4 Å². The molecule has 1 amide bonds. The van der Waals surface area contributed by atoms with Gasteiger partial charge in [-0.1, -0.05) is 6.07 Å². The van der Waals surface area contributed by atoms with Crippen LogP contribution in [0, 0.1) is 0 Å². The lowest BCUT2D eigenvalue weighted by atomic mass is 10.2. The minimum Gasteiger partial charge on any atom is -0.349 e. The summed E-state index contributed by atoms with van der Waals surface area (Å²) in [4.78, 5) is 28.3. The molecule has 1 fully saturated rings. The number of hydrogen-bond acceptors (Lipinski definition) is 4. The molecule has 1 atom stereocenters. The monoisotopic (exact) mass is 298 g/mol. The lowest BCUT2D eigenvalue weighted by molar-refractivity contribution is -0.124. The van der Waals surface area contributed by atoms with Crippen LogP contribution in [-0.4, -0.2) is 20.7 Å². The minimum absolute atomic E-state index is 0.242. The van der Waals surface area contributed by atoms with Crippen LogP contribution >= 0.6 is 0 Å². The van der Waals surface area contributed by atoms with Gasteiger partial charge in [-0.05, 0) is 38.0 Å². The molecule has 3 rings (SSSR count). The number of nitrogens with zero attached hydrogens (tertiary/aromatic N) is 3. The van der Waals surface area contributed by atoms with Crippen LogP contribution in [0.25, 0.3) is 0 Å². The minimum atomic E-state index is -0.644. The van der Waals surface area contributed by atoms with Crippen LogP contribution in [0.4, 0.5) is 0 Å². The second kappa shape index (κ2) is 6.09. The Kier molecular flexibility index (Phi) is 4.00. The van der Waals surface area contributed by atoms with Gasteiger partial charge in [-0.3, -0.25) is 14.6 Å². The van der Waals surface area contributed by atoms with Crippen molar-refractivity contribution >= 4 is 5.91 Å². The van der Waals surface area contributed by atoms with Crippen LogP contribution in [-0.2, 0) is 11.3 Å². The molecule has 1 N–H and O–H groups in total. The highest BCUT2D eigenvalue weighted by atomic mass is 16.2. The third kappa shape index (κ3) is 3.21. The van der Waals surface area contributed by atoms with Crippen molar-refractivity contribution in [3.63, 3.8) is 0 Å². The first-order chi connectivity index (χ1) is 10.6. The molecule has 22 heavy (non-hydrogen) atoms. The van der Waals surface area contributed by atoms with Crippen molar-refractivity contribution in [2.45, 2.75) is 38.3 Å². The van der Waals surface area contributed by atoms with Gasteiger partial charge in [0.05, 0.1) is 17.9 Å². The van der Waals surface area contributed by atoms with Gasteiger partial charge in [-0.25, -0.2) is 4.68 Å². The van der Waals surface area contributed by atoms with E-state index in [0.717, 1.165) is 24.2 Å². The summed E-state index contributed by atoms with van der Waals surface area (Å²) in [5.41, 5.74) is 1.41. The summed E-state index contributed by atoms with van der Waals surface area (Å²) in [5.74, 6) is 0.198. The van der Waals surface area contributed by atoms with Gasteiger partial charge < -0.3 is 5.32 Å². The standard InChI is InChI=1S/C16H18N4O2/c1-11(16(22)18-10-13-4-2-3-9-17-13)20-15(21)8-7-14(19-20)12-5-6-12/h2-4,7-9,11-12H,5-6,10H2,1H3,(H,18,22)/t11-/m0/s1. The van der Waals surface area contributed by atoms with Crippen molar-refractivity contribution in [1.29, 1.82) is 0 Å². The molecule has 1 aliphatic rings. The fourth-order valence-corrected chi connectivity index (χ4v) is 2.25. The molecule has 2 heterocycles. The largest absolute Gasteiger partial charge is 0.349 e. The van der Waals surface area contributed by atoms with Crippen molar-refractivity contribution < 1.29 is 4.79 Å². The van der Waals surface area contributed by atoms with Crippen LogP contribution in [0.15, 0.2) is 41.3 Å². The van der Waals surface area contributed by atoms with E-state index >= 15 is 0 Å². The van der Waals surface area contributed by atoms with Crippen LogP contribution in [0.2, 0.25) is 0 Å². The van der Waals surface area contributed by atoms with E-state index in [9.17, 15) is 9.59 Å². The number of pyridine rings is 1. The van der Waals surface area contributed by atoms with Crippen molar-refractivity contribution in [2.75, 3.05) is 0 Å². The first-order valence-electron chi connectivity index (χ1n) is 7.42. The zero-order valence-electron chi connectivity index (χ0n) is 12.4. The molecular formula is C16H18N4O2. The third-order valence-electron chi connectivity index (χ3n) is 3.76. The molecule has 0 bridgehead atoms. The lowest BCUT2D eigenvalue weighted by Gasteiger charge is -2.14. The van der Waals surface area contributed by atoms with Gasteiger partial charge in [0.1, 0.15) is 6.04 Å². The smallest absolute Gasteiger partial charge is 0.267 e. The highest BCUT2D eigenvalue weighted by Crippen LogP contribution is 2.38. The molecule has 1 saturated carbocycles. The highest BCUT2D eigenvalue weighted by Gasteiger charge is 2.27. The van der Waals surface area contributed by atoms with Gasteiger partial charge in [-0.15, -0.1) is 0 Å². The molecule has 6 heteroatoms. The Bertz CT molecular complexity index is 722. The van der Waals surface area contributed by atoms with Crippen LogP contribution in [0.5, 0.6) is 0 Å². The number of hydrogen-bond donors (Lipinski definition) is 1. The van der Waals surface area contributed by atoms with E-state index in [1.54, 1.807) is 19.2 Å². The average molecular weight is 298 g/mol.